The Kier molecular flexibility index (Phi) is 26.3. The average molecular weight is 1680 g/mol. The molecule has 6 heterocycles. The van der Waals surface area contributed by atoms with Crippen LogP contribution in [0, 0.1) is 55.4 Å². The minimum Gasteiger partial charge on any atom is -0.453 e. The van der Waals surface area contributed by atoms with E-state index in [2.05, 4.69) is 493 Å². The quantitative estimate of drug-likeness (QED) is 0.173. The molecule has 22 rings (SSSR count). The molecule has 0 radical (unpaired) electrons. The van der Waals surface area contributed by atoms with Gasteiger partial charge in [0.25, 0.3) is 0 Å². The van der Waals surface area contributed by atoms with Crippen molar-refractivity contribution < 1.29 is 9.47 Å². The Morgan fingerprint density at radius 3 is 0.844 bits per heavy atom. The number of aryl methyl sites for hydroxylation is 10. The fraction of sp³-hybridized carbons (Fsp3) is 0.186. The lowest BCUT2D eigenvalue weighted by molar-refractivity contribution is 0.474. The van der Waals surface area contributed by atoms with Crippen molar-refractivity contribution in [3.05, 3.63) is 431 Å². The van der Waals surface area contributed by atoms with Gasteiger partial charge in [-0.15, -0.1) is 0 Å². The third-order valence-electron chi connectivity index (χ3n) is 25.4. The van der Waals surface area contributed by atoms with E-state index in [9.17, 15) is 0 Å². The zero-order valence-electron chi connectivity index (χ0n) is 78.0. The largest absolute Gasteiger partial charge is 0.453 e. The third kappa shape index (κ3) is 18.8. The highest BCUT2D eigenvalue weighted by atomic mass is 16.5. The van der Waals surface area contributed by atoms with Gasteiger partial charge in [0.05, 0.1) is 22.7 Å². The molecule has 0 saturated carbocycles. The van der Waals surface area contributed by atoms with Crippen molar-refractivity contribution in [2.24, 2.45) is 14.1 Å². The first-order chi connectivity index (χ1) is 61.6. The monoisotopic (exact) mass is 1680 g/mol. The van der Waals surface area contributed by atoms with Crippen LogP contribution in [-0.4, -0.2) is 51.4 Å². The molecule has 0 spiro atoms. The Morgan fingerprint density at radius 1 is 0.203 bits per heavy atom. The van der Waals surface area contributed by atoms with Gasteiger partial charge in [0.1, 0.15) is 0 Å². The lowest BCUT2D eigenvalue weighted by Gasteiger charge is -2.40. The van der Waals surface area contributed by atoms with Gasteiger partial charge >= 0.3 is 0 Å². The lowest BCUT2D eigenvalue weighted by Crippen LogP contribution is -2.31. The van der Waals surface area contributed by atoms with Crippen molar-refractivity contribution in [2.45, 2.75) is 93.9 Å². The fourth-order valence-corrected chi connectivity index (χ4v) is 17.8. The highest BCUT2D eigenvalue weighted by Crippen LogP contribution is 2.52. The summed E-state index contributed by atoms with van der Waals surface area (Å²) in [5, 5.41) is 5.40. The molecule has 0 fully saturated rings. The summed E-state index contributed by atoms with van der Waals surface area (Å²) in [6.07, 6.45) is 0. The molecule has 0 saturated heterocycles. The average Bonchev–Trinajstić information content (AvgIpc) is 1.32. The van der Waals surface area contributed by atoms with Crippen LogP contribution in [0.25, 0.3) is 43.6 Å². The van der Waals surface area contributed by atoms with E-state index in [1.165, 1.54) is 156 Å². The number of fused-ring (bicyclic) bond motifs is 14. The van der Waals surface area contributed by atoms with Crippen LogP contribution in [0.1, 0.15) is 94.5 Å². The first-order valence-electron chi connectivity index (χ1n) is 44.3. The molecule has 4 aliphatic heterocycles. The summed E-state index contributed by atoms with van der Waals surface area (Å²) < 4.78 is 16.3. The Hall–Kier alpha value is -14.5. The van der Waals surface area contributed by atoms with Crippen molar-refractivity contribution in [1.29, 1.82) is 0 Å². The first-order valence-corrected chi connectivity index (χ1v) is 44.3. The van der Waals surface area contributed by atoms with Crippen molar-refractivity contribution in [2.75, 3.05) is 71.7 Å². The molecule has 0 amide bonds. The van der Waals surface area contributed by atoms with Crippen LogP contribution in [0.5, 0.6) is 23.0 Å². The van der Waals surface area contributed by atoms with Gasteiger partial charge in [-0.2, -0.15) is 0 Å². The van der Waals surface area contributed by atoms with Gasteiger partial charge in [0.2, 0.25) is 0 Å². The zero-order valence-corrected chi connectivity index (χ0v) is 78.0. The van der Waals surface area contributed by atoms with Crippen LogP contribution in [-0.2, 0) is 24.9 Å². The Bertz CT molecular complexity index is 6540. The Balaban J connectivity index is 0.000000113. The summed E-state index contributed by atoms with van der Waals surface area (Å²) in [4.78, 5) is 13.3. The number of para-hydroxylation sites is 10. The molecule has 128 heavy (non-hydrogen) atoms. The second-order valence-corrected chi connectivity index (χ2v) is 35.3. The summed E-state index contributed by atoms with van der Waals surface area (Å²) in [7, 11) is 16.9. The maximum Gasteiger partial charge on any atom is 0.151 e. The molecule has 0 aliphatic carbocycles. The second-order valence-electron chi connectivity index (χ2n) is 35.3. The van der Waals surface area contributed by atoms with Crippen LogP contribution in [0.2, 0.25) is 0 Å². The van der Waals surface area contributed by atoms with Crippen LogP contribution in [0.4, 0.5) is 68.2 Å². The summed E-state index contributed by atoms with van der Waals surface area (Å²) in [5.74, 6) is 3.70. The summed E-state index contributed by atoms with van der Waals surface area (Å²) in [6.45, 7) is 26.3. The van der Waals surface area contributed by atoms with Crippen molar-refractivity contribution in [1.82, 2.24) is 9.13 Å². The van der Waals surface area contributed by atoms with Gasteiger partial charge in [0, 0.05) is 156 Å². The summed E-state index contributed by atoms with van der Waals surface area (Å²) >= 11 is 0. The number of nitrogens with zero attached hydrogens (tertiary/aromatic N) is 8. The number of aromatic nitrogens is 2. The maximum atomic E-state index is 5.97. The minimum atomic E-state index is 0.0647. The SMILES string of the molecule is CN(c1ccccc1)c1ccccc1.CN1c2ccccc2C(C)(C)c2ccccc21.CN1c2ccccc2Oc2ccccc21.Cc1ccc(N(C)c2ccc(C)cc2)cc1.Cc1ccc2c(c1)C(C)(C)c1cc(C)ccc1N2C.Cc1ccc2c(c1)Oc1cc(C)ccc1N2C.Cc1ccc2c(c1)c1cc(C)ccc1n2C.Cn1c2ccccc2c2ccccc21. The van der Waals surface area contributed by atoms with E-state index < -0.39 is 0 Å². The van der Waals surface area contributed by atoms with Gasteiger partial charge in [-0.05, 0) is 246 Å². The molecule has 16 aromatic carbocycles. The minimum absolute atomic E-state index is 0.0647. The maximum absolute atomic E-state index is 5.97. The predicted octanol–water partition coefficient (Wildman–Crippen LogP) is 31.3. The molecule has 0 bridgehead atoms. The molecule has 644 valence electrons. The molecule has 0 atom stereocenters. The van der Waals surface area contributed by atoms with Crippen LogP contribution >= 0.6 is 0 Å². The number of ether oxygens (including phenoxy) is 2. The lowest BCUT2D eigenvalue weighted by atomic mass is 9.73. The molecule has 10 nitrogen and oxygen atoms in total. The number of rotatable bonds is 4. The summed E-state index contributed by atoms with van der Waals surface area (Å²) in [5.41, 5.74) is 35.9. The van der Waals surface area contributed by atoms with E-state index in [0.717, 1.165) is 45.7 Å². The second kappa shape index (κ2) is 38.2. The standard InChI is InChI=1S/C18H21N.C16H17N.C15H15NO.C15H15N.C15H17N.C13H11NO.C13H11N.C13H13N/c1-12-6-8-16-14(10-12)18(3,4)15-11-13(2)7-9-17(15)19(16)5;1-16(2)12-8-4-6-10-14(12)17(3)15-11-7-5-9-13(15)16;1-10-4-6-12-14(8-10)17-15-9-11(2)5-7-13(15)16(12)3;1-10-4-6-14-12(8-10)13-9-11(2)5-7-15(13)16(14)3;1-12-4-8-14(9-5-12)16(3)15-10-6-13(2)7-11-15;1-14-10-6-2-4-8-12(10)15-13-9-5-3-7-11(13)14;1-14-12-8-4-2-6-10(12)11-7-3-5-9-13(11)14;1-14(12-8-4-2-5-9-12)13-10-6-3-7-11-13/h6-11H,1-5H3;4-11H,1-3H3;4-9H,1-3H3;4-9H,1-3H3;4-11H,1-3H3;2-9H,1H3;2-9H,1H3;2-11H,1H3. The first kappa shape index (κ1) is 88.4. The molecular formula is C118H120N8O2. The number of benzene rings is 16. The number of hydrogen-bond donors (Lipinski definition) is 0. The van der Waals surface area contributed by atoms with E-state index >= 15 is 0 Å². The third-order valence-corrected chi connectivity index (χ3v) is 25.4. The van der Waals surface area contributed by atoms with Gasteiger partial charge in [-0.3, -0.25) is 0 Å². The van der Waals surface area contributed by atoms with Crippen LogP contribution in [0.3, 0.4) is 0 Å². The predicted molar refractivity (Wildman–Crippen MR) is 549 cm³/mol. The molecule has 0 N–H and O–H groups in total. The van der Waals surface area contributed by atoms with E-state index in [1.54, 1.807) is 0 Å². The zero-order chi connectivity index (χ0) is 90.2. The van der Waals surface area contributed by atoms with Crippen LogP contribution in [0.15, 0.2) is 364 Å². The number of hydrogen-bond acceptors (Lipinski definition) is 8. The topological polar surface area (TPSA) is 47.8 Å². The van der Waals surface area contributed by atoms with E-state index in [-0.39, 0.29) is 10.8 Å². The van der Waals surface area contributed by atoms with Gasteiger partial charge in [0.15, 0.2) is 23.0 Å². The number of anilines is 12. The highest BCUT2D eigenvalue weighted by molar-refractivity contribution is 6.09. The molecule has 4 aliphatic rings. The highest BCUT2D eigenvalue weighted by Gasteiger charge is 2.36. The van der Waals surface area contributed by atoms with Crippen LogP contribution < -0.4 is 38.9 Å². The van der Waals surface area contributed by atoms with Gasteiger partial charge in [-0.1, -0.05) is 267 Å². The molecule has 2 aromatic heterocycles. The Labute approximate surface area is 759 Å². The molecule has 10 heteroatoms. The van der Waals surface area contributed by atoms with Gasteiger partial charge in [-0.25, -0.2) is 0 Å². The normalized spacial score (nSPS) is 12.7. The van der Waals surface area contributed by atoms with Crippen molar-refractivity contribution >= 4 is 112 Å². The fourth-order valence-electron chi connectivity index (χ4n) is 17.8. The van der Waals surface area contributed by atoms with E-state index in [0.29, 0.717) is 0 Å². The molecule has 0 unspecified atom stereocenters. The van der Waals surface area contributed by atoms with Crippen molar-refractivity contribution in [3.8, 4) is 23.0 Å². The van der Waals surface area contributed by atoms with E-state index in [4.69, 9.17) is 9.47 Å². The molecular weight excluding hydrogens is 1560 g/mol. The summed E-state index contributed by atoms with van der Waals surface area (Å²) in [6, 6.07) is 128. The van der Waals surface area contributed by atoms with Gasteiger partial charge < -0.3 is 48.0 Å². The van der Waals surface area contributed by atoms with E-state index in [1.807, 2.05) is 48.5 Å². The Morgan fingerprint density at radius 2 is 0.453 bits per heavy atom. The smallest absolute Gasteiger partial charge is 0.151 e. The van der Waals surface area contributed by atoms with Crippen molar-refractivity contribution in [3.63, 3.8) is 0 Å². The molecule has 18 aromatic rings.